The van der Waals surface area contributed by atoms with Crippen LogP contribution in [0.2, 0.25) is 0 Å². The quantitative estimate of drug-likeness (QED) is 0.613. The van der Waals surface area contributed by atoms with E-state index in [0.717, 1.165) is 25.7 Å². The molecule has 1 amide bonds. The average molecular weight is 467 g/mol. The van der Waals surface area contributed by atoms with E-state index in [2.05, 4.69) is 9.88 Å². The largest absolute Gasteiger partial charge is 0.408 e. The van der Waals surface area contributed by atoms with Gasteiger partial charge in [-0.15, -0.1) is 0 Å². The molecule has 0 N–H and O–H groups in total. The first-order valence-electron chi connectivity index (χ1n) is 11.8. The zero-order valence-electron chi connectivity index (χ0n) is 18.3. The summed E-state index contributed by atoms with van der Waals surface area (Å²) < 4.78 is 49.2. The first-order chi connectivity index (χ1) is 15.8. The summed E-state index contributed by atoms with van der Waals surface area (Å²) in [5.74, 6) is 1.28. The summed E-state index contributed by atoms with van der Waals surface area (Å²) in [6.07, 6.45) is -0.468. The average Bonchev–Trinajstić information content (AvgIpc) is 3.48. The zero-order chi connectivity index (χ0) is 23.0. The molecule has 5 heterocycles. The van der Waals surface area contributed by atoms with E-state index in [0.29, 0.717) is 44.4 Å². The van der Waals surface area contributed by atoms with E-state index in [4.69, 9.17) is 4.74 Å². The van der Waals surface area contributed by atoms with Gasteiger partial charge in [0.1, 0.15) is 11.9 Å². The van der Waals surface area contributed by atoms with E-state index >= 15 is 0 Å². The summed E-state index contributed by atoms with van der Waals surface area (Å²) in [7, 11) is 0. The van der Waals surface area contributed by atoms with Crippen molar-refractivity contribution in [2.45, 2.75) is 62.5 Å². The zero-order valence-corrected chi connectivity index (χ0v) is 18.3. The fourth-order valence-electron chi connectivity index (χ4n) is 6.42. The Morgan fingerprint density at radius 3 is 2.67 bits per heavy atom. The van der Waals surface area contributed by atoms with Gasteiger partial charge < -0.3 is 19.4 Å². The Morgan fingerprint density at radius 2 is 2.00 bits per heavy atom. The molecule has 11 heteroatoms. The summed E-state index contributed by atoms with van der Waals surface area (Å²) in [5, 5.41) is 0. The molecule has 1 aromatic rings. The molecule has 33 heavy (non-hydrogen) atoms. The van der Waals surface area contributed by atoms with Gasteiger partial charge in [-0.2, -0.15) is 18.2 Å². The molecule has 8 nitrogen and oxygen atoms in total. The normalized spacial score (nSPS) is 33.3. The molecule has 4 fully saturated rings. The second kappa shape index (κ2) is 7.35. The molecule has 6 rings (SSSR count). The van der Waals surface area contributed by atoms with E-state index in [9.17, 15) is 22.8 Å². The van der Waals surface area contributed by atoms with Crippen molar-refractivity contribution in [3.8, 4) is 0 Å². The molecule has 0 bridgehead atoms. The van der Waals surface area contributed by atoms with Gasteiger partial charge >= 0.3 is 6.18 Å². The maximum atomic E-state index is 14.0. The second-order valence-electron chi connectivity index (χ2n) is 10.1. The van der Waals surface area contributed by atoms with Gasteiger partial charge in [-0.1, -0.05) is 0 Å². The minimum Gasteiger partial charge on any atom is -0.374 e. The predicted molar refractivity (Wildman–Crippen MR) is 113 cm³/mol. The van der Waals surface area contributed by atoms with E-state index in [1.807, 2.05) is 0 Å². The lowest BCUT2D eigenvalue weighted by Crippen LogP contribution is -2.63. The first-order valence-corrected chi connectivity index (χ1v) is 11.8. The number of hydrogen-bond acceptors (Lipinski definition) is 6. The van der Waals surface area contributed by atoms with Crippen LogP contribution in [0.4, 0.5) is 24.9 Å². The minimum atomic E-state index is -4.40. The number of alkyl halides is 3. The number of carbonyl (C=O) groups is 1. The number of ether oxygens (including phenoxy) is 1. The number of rotatable bonds is 5. The van der Waals surface area contributed by atoms with Crippen LogP contribution in [0.5, 0.6) is 0 Å². The molecular formula is C22H28F3N5O3. The van der Waals surface area contributed by atoms with Crippen molar-refractivity contribution < 1.29 is 22.7 Å². The van der Waals surface area contributed by atoms with Gasteiger partial charge in [0.05, 0.1) is 18.2 Å². The number of halogens is 3. The van der Waals surface area contributed by atoms with Crippen molar-refractivity contribution in [2.75, 3.05) is 42.6 Å². The van der Waals surface area contributed by atoms with Gasteiger partial charge in [0, 0.05) is 44.7 Å². The number of amides is 1. The highest BCUT2D eigenvalue weighted by Gasteiger charge is 2.74. The van der Waals surface area contributed by atoms with Gasteiger partial charge in [0.15, 0.2) is 0 Å². The van der Waals surface area contributed by atoms with Crippen LogP contribution in [0.3, 0.4) is 0 Å². The summed E-state index contributed by atoms with van der Waals surface area (Å²) in [6.45, 7) is 2.80. The Balaban J connectivity index is 1.28. The third-order valence-corrected chi connectivity index (χ3v) is 8.49. The van der Waals surface area contributed by atoms with Crippen LogP contribution in [0, 0.1) is 11.8 Å². The molecule has 1 aromatic heterocycles. The van der Waals surface area contributed by atoms with Crippen LogP contribution < -0.4 is 15.4 Å². The highest BCUT2D eigenvalue weighted by Crippen LogP contribution is 2.63. The monoisotopic (exact) mass is 467 g/mol. The second-order valence-corrected chi connectivity index (χ2v) is 10.1. The third-order valence-electron chi connectivity index (χ3n) is 8.49. The van der Waals surface area contributed by atoms with Gasteiger partial charge in [0.2, 0.25) is 12.4 Å². The number of likely N-dealkylation sites (tertiary alicyclic amines) is 1. The first kappa shape index (κ1) is 21.2. The Hall–Kier alpha value is -2.30. The Kier molecular flexibility index (Phi) is 4.73. The number of fused-ring (bicyclic) bond motifs is 1. The molecule has 0 aromatic carbocycles. The molecule has 3 saturated heterocycles. The van der Waals surface area contributed by atoms with Crippen molar-refractivity contribution >= 4 is 18.2 Å². The highest BCUT2D eigenvalue weighted by molar-refractivity contribution is 5.57. The summed E-state index contributed by atoms with van der Waals surface area (Å²) in [5.41, 5.74) is -0.399. The van der Waals surface area contributed by atoms with Crippen LogP contribution in [-0.4, -0.2) is 77.5 Å². The molecule has 4 aliphatic heterocycles. The number of nitrogens with zero attached hydrogens (tertiary/aromatic N) is 5. The lowest BCUT2D eigenvalue weighted by Gasteiger charge is -2.48. The molecule has 4 atom stereocenters. The molecule has 1 saturated carbocycles. The molecular weight excluding hydrogens is 439 g/mol. The summed E-state index contributed by atoms with van der Waals surface area (Å²) >= 11 is 0. The van der Waals surface area contributed by atoms with E-state index < -0.39 is 12.2 Å². The van der Waals surface area contributed by atoms with Crippen molar-refractivity contribution in [3.05, 3.63) is 16.4 Å². The fourth-order valence-corrected chi connectivity index (χ4v) is 6.42. The van der Waals surface area contributed by atoms with Crippen molar-refractivity contribution in [3.63, 3.8) is 0 Å². The molecule has 2 unspecified atom stereocenters. The van der Waals surface area contributed by atoms with E-state index in [1.54, 1.807) is 4.90 Å². The van der Waals surface area contributed by atoms with Gasteiger partial charge in [0.25, 0.3) is 5.56 Å². The lowest BCUT2D eigenvalue weighted by molar-refractivity contribution is -0.152. The van der Waals surface area contributed by atoms with Crippen molar-refractivity contribution in [2.24, 2.45) is 11.8 Å². The Labute approximate surface area is 189 Å². The number of hydrogen-bond donors (Lipinski definition) is 0. The van der Waals surface area contributed by atoms with Gasteiger partial charge in [-0.25, -0.2) is 0 Å². The van der Waals surface area contributed by atoms with Crippen LogP contribution >= 0.6 is 0 Å². The topological polar surface area (TPSA) is 70.9 Å². The summed E-state index contributed by atoms with van der Waals surface area (Å²) in [4.78, 5) is 33.6. The van der Waals surface area contributed by atoms with Crippen LogP contribution in [0.15, 0.2) is 10.9 Å². The molecule has 1 spiro atoms. The molecule has 1 aliphatic carbocycles. The Bertz CT molecular complexity index is 1010. The number of carbonyl (C=O) groups excluding carboxylic acids is 1. The predicted octanol–water partition coefficient (Wildman–Crippen LogP) is 1.62. The number of anilines is 2. The number of aromatic nitrogens is 2. The lowest BCUT2D eigenvalue weighted by atomic mass is 9.93. The smallest absolute Gasteiger partial charge is 0.374 e. The fraction of sp³-hybridized carbons (Fsp3) is 0.773. The van der Waals surface area contributed by atoms with Gasteiger partial charge in [-0.3, -0.25) is 14.2 Å². The standard InChI is InChI=1S/C22H28F3N5O3/c23-22(24,25)16-4-8-29-19(32)9-18(30-11-17-21(30)10-15(21)12-33-17)26-20(29)28(16)7-3-14-1-5-27(13-31)6-2-14/h9,13-17H,1-8,10-12H2/t15?,16-,17+,21?/m0/s1. The van der Waals surface area contributed by atoms with E-state index in [1.165, 1.54) is 15.5 Å². The molecule has 180 valence electrons. The minimum absolute atomic E-state index is 0.0132. The molecule has 5 aliphatic rings. The van der Waals surface area contributed by atoms with Crippen molar-refractivity contribution in [1.82, 2.24) is 14.5 Å². The Morgan fingerprint density at radius 1 is 1.21 bits per heavy atom. The van der Waals surface area contributed by atoms with Crippen LogP contribution in [0.25, 0.3) is 0 Å². The van der Waals surface area contributed by atoms with E-state index in [-0.39, 0.29) is 48.6 Å². The maximum absolute atomic E-state index is 14.0. The number of piperidine rings is 1. The van der Waals surface area contributed by atoms with Crippen molar-refractivity contribution in [1.29, 1.82) is 0 Å². The summed E-state index contributed by atoms with van der Waals surface area (Å²) in [6, 6.07) is -0.177. The SMILES string of the molecule is O=CN1CCC(CCN2c3nc(N4C[C@H]5OCC6CC654)cc(=O)n3CC[C@H]2C(F)(F)F)CC1. The highest BCUT2D eigenvalue weighted by atomic mass is 19.4. The molecule has 0 radical (unpaired) electrons. The third kappa shape index (κ3) is 3.25. The maximum Gasteiger partial charge on any atom is 0.408 e. The van der Waals surface area contributed by atoms with Crippen LogP contribution in [-0.2, 0) is 16.1 Å². The van der Waals surface area contributed by atoms with Gasteiger partial charge in [-0.05, 0) is 38.0 Å². The van der Waals surface area contributed by atoms with Crippen LogP contribution in [0.1, 0.15) is 32.1 Å².